The summed E-state index contributed by atoms with van der Waals surface area (Å²) in [4.78, 5) is 8.76. The van der Waals surface area contributed by atoms with E-state index in [1.54, 1.807) is 35.3 Å². The van der Waals surface area contributed by atoms with Crippen molar-refractivity contribution in [3.05, 3.63) is 113 Å². The highest BCUT2D eigenvalue weighted by Gasteiger charge is 2.37. The van der Waals surface area contributed by atoms with Crippen LogP contribution >= 0.6 is 0 Å². The molecule has 0 amide bonds. The van der Waals surface area contributed by atoms with Gasteiger partial charge < -0.3 is 14.4 Å². The first-order chi connectivity index (χ1) is 17.5. The summed E-state index contributed by atoms with van der Waals surface area (Å²) in [6.45, 7) is 0.147. The zero-order chi connectivity index (χ0) is 24.9. The molecule has 1 aliphatic rings. The van der Waals surface area contributed by atoms with Gasteiger partial charge in [0.25, 0.3) is 0 Å². The first kappa shape index (κ1) is 21.5. The number of ether oxygens (including phenoxy) is 1. The molecule has 5 aromatic rings. The SMILES string of the molecule is Cn1cncc1C1(O)c2ccc(C#N)c(c2)COc2cccc(c2)-c2cc(C#N)nc3ccc1cc23. The van der Waals surface area contributed by atoms with Crippen LogP contribution in [0, 0.1) is 22.7 Å². The molecular weight excluding hydrogens is 450 g/mol. The number of aliphatic hydroxyl groups is 1. The highest BCUT2D eigenvalue weighted by Crippen LogP contribution is 2.40. The molecular formula is C29H19N5O2. The zero-order valence-electron chi connectivity index (χ0n) is 19.3. The minimum absolute atomic E-state index is 0.147. The first-order valence-corrected chi connectivity index (χ1v) is 11.3. The van der Waals surface area contributed by atoms with Crippen LogP contribution < -0.4 is 4.74 Å². The van der Waals surface area contributed by atoms with Crippen molar-refractivity contribution in [2.45, 2.75) is 12.2 Å². The van der Waals surface area contributed by atoms with Crippen LogP contribution in [0.1, 0.15) is 33.6 Å². The number of pyridine rings is 1. The van der Waals surface area contributed by atoms with E-state index in [0.717, 1.165) is 16.5 Å². The number of imidazole rings is 1. The monoisotopic (exact) mass is 469 g/mol. The van der Waals surface area contributed by atoms with Crippen molar-refractivity contribution in [3.63, 3.8) is 0 Å². The molecule has 6 rings (SSSR count). The maximum absolute atomic E-state index is 12.5. The Morgan fingerprint density at radius 1 is 1.00 bits per heavy atom. The van der Waals surface area contributed by atoms with Crippen molar-refractivity contribution in [1.82, 2.24) is 14.5 Å². The summed E-state index contributed by atoms with van der Waals surface area (Å²) in [5, 5.41) is 32.6. The van der Waals surface area contributed by atoms with Gasteiger partial charge in [0, 0.05) is 18.0 Å². The first-order valence-electron chi connectivity index (χ1n) is 11.3. The number of hydrogen-bond acceptors (Lipinski definition) is 6. The molecule has 7 nitrogen and oxygen atoms in total. The predicted octanol–water partition coefficient (Wildman–Crippen LogP) is 4.56. The second-order valence-electron chi connectivity index (χ2n) is 8.80. The van der Waals surface area contributed by atoms with Crippen molar-refractivity contribution in [2.75, 3.05) is 0 Å². The highest BCUT2D eigenvalue weighted by atomic mass is 16.5. The van der Waals surface area contributed by atoms with E-state index < -0.39 is 5.60 Å². The van der Waals surface area contributed by atoms with Crippen molar-refractivity contribution in [3.8, 4) is 29.0 Å². The smallest absolute Gasteiger partial charge is 0.156 e. The van der Waals surface area contributed by atoms with Crippen LogP contribution in [0.25, 0.3) is 22.0 Å². The number of fused-ring (bicyclic) bond motifs is 6. The lowest BCUT2D eigenvalue weighted by Gasteiger charge is -2.30. The third-order valence-electron chi connectivity index (χ3n) is 6.71. The molecule has 2 aromatic heterocycles. The fourth-order valence-corrected chi connectivity index (χ4v) is 4.88. The van der Waals surface area contributed by atoms with E-state index in [1.807, 2.05) is 55.6 Å². The second-order valence-corrected chi connectivity index (χ2v) is 8.80. The second kappa shape index (κ2) is 8.06. The molecule has 7 heteroatoms. The Kier molecular flexibility index (Phi) is 4.82. The minimum Gasteiger partial charge on any atom is -0.489 e. The van der Waals surface area contributed by atoms with E-state index in [4.69, 9.17) is 4.74 Å². The molecule has 3 aromatic carbocycles. The fourth-order valence-electron chi connectivity index (χ4n) is 4.88. The van der Waals surface area contributed by atoms with Gasteiger partial charge in [-0.1, -0.05) is 24.3 Å². The number of aromatic nitrogens is 3. The maximum atomic E-state index is 12.5. The van der Waals surface area contributed by atoms with E-state index in [2.05, 4.69) is 22.1 Å². The molecule has 1 N–H and O–H groups in total. The summed E-state index contributed by atoms with van der Waals surface area (Å²) >= 11 is 0. The lowest BCUT2D eigenvalue weighted by atomic mass is 9.81. The Balaban J connectivity index is 1.75. The third kappa shape index (κ3) is 3.23. The van der Waals surface area contributed by atoms with Crippen LogP contribution in [0.5, 0.6) is 5.75 Å². The molecule has 0 radical (unpaired) electrons. The number of nitriles is 2. The Morgan fingerprint density at radius 3 is 2.61 bits per heavy atom. The summed E-state index contributed by atoms with van der Waals surface area (Å²) in [6, 6.07) is 24.6. The van der Waals surface area contributed by atoms with Gasteiger partial charge in [0.05, 0.1) is 35.4 Å². The molecule has 0 fully saturated rings. The van der Waals surface area contributed by atoms with Crippen molar-refractivity contribution < 1.29 is 9.84 Å². The summed E-state index contributed by atoms with van der Waals surface area (Å²) in [5.74, 6) is 0.627. The topological polar surface area (TPSA) is 108 Å². The molecule has 3 heterocycles. The third-order valence-corrected chi connectivity index (χ3v) is 6.71. The summed E-state index contributed by atoms with van der Waals surface area (Å²) < 4.78 is 7.88. The molecule has 0 spiro atoms. The van der Waals surface area contributed by atoms with Crippen LogP contribution in [-0.2, 0) is 19.3 Å². The van der Waals surface area contributed by atoms with Crippen LogP contribution in [-0.4, -0.2) is 19.6 Å². The van der Waals surface area contributed by atoms with Gasteiger partial charge in [-0.25, -0.2) is 9.97 Å². The predicted molar refractivity (Wildman–Crippen MR) is 133 cm³/mol. The number of aryl methyl sites for hydroxylation is 1. The number of rotatable bonds is 1. The Hall–Kier alpha value is -4.98. The number of nitrogens with zero attached hydrogens (tertiary/aromatic N) is 5. The Morgan fingerprint density at radius 2 is 1.83 bits per heavy atom. The lowest BCUT2D eigenvalue weighted by Crippen LogP contribution is -2.31. The molecule has 1 aliphatic heterocycles. The number of benzene rings is 3. The molecule has 172 valence electrons. The molecule has 1 unspecified atom stereocenters. The van der Waals surface area contributed by atoms with Gasteiger partial charge in [0.15, 0.2) is 5.60 Å². The van der Waals surface area contributed by atoms with Crippen molar-refractivity contribution >= 4 is 10.9 Å². The van der Waals surface area contributed by atoms with Gasteiger partial charge in [-0.15, -0.1) is 0 Å². The quantitative estimate of drug-likeness (QED) is 0.386. The van der Waals surface area contributed by atoms with Crippen LogP contribution in [0.3, 0.4) is 0 Å². The van der Waals surface area contributed by atoms with Gasteiger partial charge in [0.2, 0.25) is 0 Å². The highest BCUT2D eigenvalue weighted by molar-refractivity contribution is 5.96. The van der Waals surface area contributed by atoms with Gasteiger partial charge >= 0.3 is 0 Å². The molecule has 36 heavy (non-hydrogen) atoms. The summed E-state index contributed by atoms with van der Waals surface area (Å²) in [5.41, 5.74) is 3.90. The standard InChI is InChI=1S/C29H19N5O2/c1-34-17-32-15-28(34)29(35)21-6-5-19(13-30)20(9-21)16-36-24-4-2-3-18(10-24)25-12-23(14-31)33-27-8-7-22(29)11-26(25)27/h2-12,15,17,35H,16H2,1H3. The van der Waals surface area contributed by atoms with E-state index in [-0.39, 0.29) is 6.61 Å². The van der Waals surface area contributed by atoms with Gasteiger partial charge in [0.1, 0.15) is 24.1 Å². The maximum Gasteiger partial charge on any atom is 0.156 e. The van der Waals surface area contributed by atoms with Crippen LogP contribution in [0.2, 0.25) is 0 Å². The van der Waals surface area contributed by atoms with Crippen molar-refractivity contribution in [2.24, 2.45) is 7.05 Å². The zero-order valence-corrected chi connectivity index (χ0v) is 19.3. The lowest BCUT2D eigenvalue weighted by molar-refractivity contribution is 0.117. The van der Waals surface area contributed by atoms with Gasteiger partial charge in [-0.05, 0) is 64.7 Å². The molecule has 0 aliphatic carbocycles. The molecule has 0 saturated carbocycles. The largest absolute Gasteiger partial charge is 0.489 e. The molecule has 0 saturated heterocycles. The summed E-state index contributed by atoms with van der Waals surface area (Å²) in [6.07, 6.45) is 3.28. The average Bonchev–Trinajstić information content (AvgIpc) is 3.36. The average molecular weight is 470 g/mol. The van der Waals surface area contributed by atoms with E-state index in [9.17, 15) is 15.6 Å². The Bertz CT molecular complexity index is 1760. The number of hydrogen-bond donors (Lipinski definition) is 1. The molecule has 1 atom stereocenters. The fraction of sp³-hybridized carbons (Fsp3) is 0.103. The van der Waals surface area contributed by atoms with Gasteiger partial charge in [-0.3, -0.25) is 0 Å². The normalized spacial score (nSPS) is 16.2. The van der Waals surface area contributed by atoms with Crippen LogP contribution in [0.15, 0.2) is 79.3 Å². The van der Waals surface area contributed by atoms with Crippen LogP contribution in [0.4, 0.5) is 0 Å². The Labute approximate surface area is 207 Å². The minimum atomic E-state index is -1.58. The van der Waals surface area contributed by atoms with E-state index in [1.165, 1.54) is 0 Å². The summed E-state index contributed by atoms with van der Waals surface area (Å²) in [7, 11) is 1.83. The van der Waals surface area contributed by atoms with Gasteiger partial charge in [-0.2, -0.15) is 10.5 Å². The molecule has 6 bridgehead atoms. The van der Waals surface area contributed by atoms with E-state index in [0.29, 0.717) is 44.9 Å². The van der Waals surface area contributed by atoms with E-state index >= 15 is 0 Å². The van der Waals surface area contributed by atoms with Crippen molar-refractivity contribution in [1.29, 1.82) is 10.5 Å².